The molecule has 0 fully saturated rings. The van der Waals surface area contributed by atoms with E-state index in [1.165, 1.54) is 6.92 Å². The van der Waals surface area contributed by atoms with Crippen molar-refractivity contribution in [2.24, 2.45) is 0 Å². The maximum atomic E-state index is 13.7. The summed E-state index contributed by atoms with van der Waals surface area (Å²) in [7, 11) is 0. The lowest BCUT2D eigenvalue weighted by molar-refractivity contribution is 0.595. The van der Waals surface area contributed by atoms with Gasteiger partial charge < -0.3 is 10.6 Å². The van der Waals surface area contributed by atoms with Crippen LogP contribution in [0, 0.1) is 18.6 Å². The molecule has 0 bridgehead atoms. The monoisotopic (exact) mass is 278 g/mol. The zero-order valence-electron chi connectivity index (χ0n) is 11.4. The first-order valence-corrected chi connectivity index (χ1v) is 6.39. The highest BCUT2D eigenvalue weighted by Crippen LogP contribution is 2.22. The number of anilines is 3. The van der Waals surface area contributed by atoms with Gasteiger partial charge in [-0.05, 0) is 31.0 Å². The molecule has 2 rings (SSSR count). The first-order valence-electron chi connectivity index (χ1n) is 6.39. The van der Waals surface area contributed by atoms with Gasteiger partial charge in [-0.25, -0.2) is 13.8 Å². The third-order valence-corrected chi connectivity index (χ3v) is 2.70. The smallest absolute Gasteiger partial charge is 0.224 e. The van der Waals surface area contributed by atoms with Crippen LogP contribution in [0.4, 0.5) is 26.2 Å². The molecule has 1 aromatic carbocycles. The van der Waals surface area contributed by atoms with Gasteiger partial charge in [0.25, 0.3) is 0 Å². The molecule has 106 valence electrons. The van der Waals surface area contributed by atoms with Crippen molar-refractivity contribution in [1.82, 2.24) is 9.97 Å². The number of nitrogens with one attached hydrogen (secondary N) is 2. The van der Waals surface area contributed by atoms with Crippen molar-refractivity contribution in [3.8, 4) is 0 Å². The van der Waals surface area contributed by atoms with Crippen molar-refractivity contribution in [3.63, 3.8) is 0 Å². The van der Waals surface area contributed by atoms with Crippen molar-refractivity contribution in [1.29, 1.82) is 0 Å². The minimum atomic E-state index is -0.523. The van der Waals surface area contributed by atoms with E-state index in [0.29, 0.717) is 11.8 Å². The first kappa shape index (κ1) is 14.2. The fourth-order valence-electron chi connectivity index (χ4n) is 1.63. The maximum Gasteiger partial charge on any atom is 0.224 e. The largest absolute Gasteiger partial charge is 0.354 e. The Morgan fingerprint density at radius 3 is 2.75 bits per heavy atom. The quantitative estimate of drug-likeness (QED) is 0.877. The van der Waals surface area contributed by atoms with E-state index in [-0.39, 0.29) is 11.3 Å². The second-order valence-corrected chi connectivity index (χ2v) is 4.40. The molecule has 0 aliphatic heterocycles. The van der Waals surface area contributed by atoms with Gasteiger partial charge in [0.2, 0.25) is 5.95 Å². The zero-order chi connectivity index (χ0) is 14.5. The van der Waals surface area contributed by atoms with E-state index in [1.807, 2.05) is 6.92 Å². The molecular weight excluding hydrogens is 262 g/mol. The second kappa shape index (κ2) is 6.27. The Labute approximate surface area is 116 Å². The summed E-state index contributed by atoms with van der Waals surface area (Å²) >= 11 is 0. The summed E-state index contributed by atoms with van der Waals surface area (Å²) in [6, 6.07) is 3.86. The summed E-state index contributed by atoms with van der Waals surface area (Å²) in [6.45, 7) is 4.29. The lowest BCUT2D eigenvalue weighted by Crippen LogP contribution is -2.06. The van der Waals surface area contributed by atoms with Crippen LogP contribution in [-0.2, 0) is 0 Å². The molecule has 1 heterocycles. The molecule has 0 amide bonds. The van der Waals surface area contributed by atoms with Gasteiger partial charge in [-0.3, -0.25) is 0 Å². The Kier molecular flexibility index (Phi) is 4.45. The van der Waals surface area contributed by atoms with E-state index in [4.69, 9.17) is 0 Å². The fraction of sp³-hybridized carbons (Fsp3) is 0.286. The molecule has 2 aromatic rings. The average Bonchev–Trinajstić information content (AvgIpc) is 2.43. The van der Waals surface area contributed by atoms with Crippen molar-refractivity contribution in [2.75, 3.05) is 17.2 Å². The number of aromatic nitrogens is 2. The Balaban J connectivity index is 2.19. The van der Waals surface area contributed by atoms with Crippen LogP contribution in [0.2, 0.25) is 0 Å². The molecule has 0 unspecified atom stereocenters. The predicted octanol–water partition coefficient (Wildman–Crippen LogP) is 3.63. The van der Waals surface area contributed by atoms with Crippen molar-refractivity contribution < 1.29 is 8.78 Å². The van der Waals surface area contributed by atoms with Crippen molar-refractivity contribution >= 4 is 17.5 Å². The third-order valence-electron chi connectivity index (χ3n) is 2.70. The third kappa shape index (κ3) is 3.40. The van der Waals surface area contributed by atoms with Crippen LogP contribution in [0.25, 0.3) is 0 Å². The molecule has 0 atom stereocenters. The van der Waals surface area contributed by atoms with Gasteiger partial charge in [-0.2, -0.15) is 4.98 Å². The summed E-state index contributed by atoms with van der Waals surface area (Å²) in [5, 5.41) is 5.78. The highest BCUT2D eigenvalue weighted by atomic mass is 19.1. The molecule has 0 aliphatic carbocycles. The SMILES string of the molecule is CCCNc1nccc(Nc2cc(F)c(C)cc2F)n1. The molecule has 6 heteroatoms. The van der Waals surface area contributed by atoms with E-state index in [2.05, 4.69) is 20.6 Å². The maximum absolute atomic E-state index is 13.7. The Bertz CT molecular complexity index is 602. The summed E-state index contributed by atoms with van der Waals surface area (Å²) < 4.78 is 27.2. The lowest BCUT2D eigenvalue weighted by Gasteiger charge is -2.09. The number of nitrogens with zero attached hydrogens (tertiary/aromatic N) is 2. The van der Waals surface area contributed by atoms with Crippen LogP contribution < -0.4 is 10.6 Å². The van der Waals surface area contributed by atoms with Crippen molar-refractivity contribution in [2.45, 2.75) is 20.3 Å². The lowest BCUT2D eigenvalue weighted by atomic mass is 10.2. The predicted molar refractivity (Wildman–Crippen MR) is 75.2 cm³/mol. The normalized spacial score (nSPS) is 10.4. The molecule has 0 spiro atoms. The van der Waals surface area contributed by atoms with E-state index >= 15 is 0 Å². The zero-order valence-corrected chi connectivity index (χ0v) is 11.4. The van der Waals surface area contributed by atoms with Crippen LogP contribution in [0.3, 0.4) is 0 Å². The fourth-order valence-corrected chi connectivity index (χ4v) is 1.63. The average molecular weight is 278 g/mol. The van der Waals surface area contributed by atoms with E-state index in [1.54, 1.807) is 12.3 Å². The molecule has 0 radical (unpaired) electrons. The molecule has 4 nitrogen and oxygen atoms in total. The van der Waals surface area contributed by atoms with Crippen LogP contribution >= 0.6 is 0 Å². The highest BCUT2D eigenvalue weighted by molar-refractivity contribution is 5.58. The molecule has 0 aliphatic rings. The minimum absolute atomic E-state index is 0.0493. The van der Waals surface area contributed by atoms with Crippen LogP contribution in [-0.4, -0.2) is 16.5 Å². The van der Waals surface area contributed by atoms with Gasteiger partial charge >= 0.3 is 0 Å². The second-order valence-electron chi connectivity index (χ2n) is 4.40. The number of aryl methyl sites for hydroxylation is 1. The summed E-state index contributed by atoms with van der Waals surface area (Å²) in [5.41, 5.74) is 0.314. The number of halogens is 2. The van der Waals surface area contributed by atoms with Gasteiger partial charge in [-0.15, -0.1) is 0 Å². The van der Waals surface area contributed by atoms with Gasteiger partial charge in [0.1, 0.15) is 17.5 Å². The van der Waals surface area contributed by atoms with E-state index in [0.717, 1.165) is 25.1 Å². The number of hydrogen-bond acceptors (Lipinski definition) is 4. The molecular formula is C14H16F2N4. The van der Waals surface area contributed by atoms with E-state index in [9.17, 15) is 8.78 Å². The Hall–Kier alpha value is -2.24. The topological polar surface area (TPSA) is 49.8 Å². The molecule has 0 saturated heterocycles. The summed E-state index contributed by atoms with van der Waals surface area (Å²) in [6.07, 6.45) is 2.49. The minimum Gasteiger partial charge on any atom is -0.354 e. The Morgan fingerprint density at radius 2 is 2.00 bits per heavy atom. The molecule has 0 saturated carbocycles. The summed E-state index contributed by atoms with van der Waals surface area (Å²) in [4.78, 5) is 8.22. The van der Waals surface area contributed by atoms with Crippen LogP contribution in [0.1, 0.15) is 18.9 Å². The highest BCUT2D eigenvalue weighted by Gasteiger charge is 2.08. The Morgan fingerprint density at radius 1 is 1.20 bits per heavy atom. The summed E-state index contributed by atoms with van der Waals surface area (Å²) in [5.74, 6) is -0.136. The number of rotatable bonds is 5. The standard InChI is InChI=1S/C14H16F2N4/c1-3-5-17-14-18-6-4-13(20-14)19-12-8-10(15)9(2)7-11(12)16/h4,6-8H,3,5H2,1-2H3,(H2,17,18,19,20). The van der Waals surface area contributed by atoms with Gasteiger partial charge in [0.05, 0.1) is 5.69 Å². The van der Waals surface area contributed by atoms with Crippen LogP contribution in [0.15, 0.2) is 24.4 Å². The number of benzene rings is 1. The van der Waals surface area contributed by atoms with Crippen LogP contribution in [0.5, 0.6) is 0 Å². The first-order chi connectivity index (χ1) is 9.60. The molecule has 1 aromatic heterocycles. The number of hydrogen-bond donors (Lipinski definition) is 2. The van der Waals surface area contributed by atoms with E-state index < -0.39 is 11.6 Å². The van der Waals surface area contributed by atoms with Gasteiger partial charge in [0.15, 0.2) is 0 Å². The van der Waals surface area contributed by atoms with Gasteiger partial charge in [0, 0.05) is 18.8 Å². The van der Waals surface area contributed by atoms with Crippen molar-refractivity contribution in [3.05, 3.63) is 41.6 Å². The van der Waals surface area contributed by atoms with Gasteiger partial charge in [-0.1, -0.05) is 6.92 Å². The molecule has 20 heavy (non-hydrogen) atoms. The molecule has 2 N–H and O–H groups in total.